The number of nitrogens with one attached hydrogen (secondary N) is 1. The summed E-state index contributed by atoms with van der Waals surface area (Å²) in [6, 6.07) is 11.2. The lowest BCUT2D eigenvalue weighted by atomic mass is 10.1. The lowest BCUT2D eigenvalue weighted by Gasteiger charge is -2.09. The van der Waals surface area contributed by atoms with Gasteiger partial charge in [0.2, 0.25) is 0 Å². The summed E-state index contributed by atoms with van der Waals surface area (Å²) in [7, 11) is 0. The Bertz CT molecular complexity index is 596. The van der Waals surface area contributed by atoms with Crippen molar-refractivity contribution >= 4 is 17.3 Å². The van der Waals surface area contributed by atoms with Crippen molar-refractivity contribution in [1.82, 2.24) is 0 Å². The van der Waals surface area contributed by atoms with Crippen molar-refractivity contribution in [3.05, 3.63) is 59.4 Å². The number of nitrogens with two attached hydrogens (primary N) is 1. The average Bonchev–Trinajstić information content (AvgIpc) is 2.35. The number of rotatable bonds is 2. The van der Waals surface area contributed by atoms with E-state index in [4.69, 9.17) is 5.73 Å². The fourth-order valence-corrected chi connectivity index (χ4v) is 1.62. The molecule has 0 saturated heterocycles. The Morgan fingerprint density at radius 1 is 1.22 bits per heavy atom. The number of amides is 1. The van der Waals surface area contributed by atoms with Crippen LogP contribution in [-0.2, 0) is 0 Å². The molecular weight excluding hydrogens is 231 g/mol. The molecule has 0 aliphatic rings. The van der Waals surface area contributed by atoms with Gasteiger partial charge in [0.15, 0.2) is 0 Å². The zero-order valence-electron chi connectivity index (χ0n) is 9.91. The second-order valence-corrected chi connectivity index (χ2v) is 4.01. The molecule has 2 aromatic rings. The van der Waals surface area contributed by atoms with Crippen molar-refractivity contribution in [2.75, 3.05) is 11.1 Å². The molecule has 3 nitrogen and oxygen atoms in total. The molecule has 0 radical (unpaired) electrons. The largest absolute Gasteiger partial charge is 0.399 e. The van der Waals surface area contributed by atoms with E-state index in [-0.39, 0.29) is 5.56 Å². The topological polar surface area (TPSA) is 55.1 Å². The highest BCUT2D eigenvalue weighted by molar-refractivity contribution is 6.05. The van der Waals surface area contributed by atoms with E-state index >= 15 is 0 Å². The van der Waals surface area contributed by atoms with Crippen LogP contribution in [-0.4, -0.2) is 5.91 Å². The van der Waals surface area contributed by atoms with Crippen LogP contribution in [0.1, 0.15) is 15.9 Å². The number of hydrogen-bond donors (Lipinski definition) is 2. The van der Waals surface area contributed by atoms with Crippen LogP contribution in [0, 0.1) is 12.7 Å². The van der Waals surface area contributed by atoms with Crippen molar-refractivity contribution < 1.29 is 9.18 Å². The molecule has 92 valence electrons. The normalized spacial score (nSPS) is 10.1. The van der Waals surface area contributed by atoms with Gasteiger partial charge in [-0.2, -0.15) is 0 Å². The first-order valence-corrected chi connectivity index (χ1v) is 5.50. The van der Waals surface area contributed by atoms with E-state index in [9.17, 15) is 9.18 Å². The van der Waals surface area contributed by atoms with Crippen LogP contribution < -0.4 is 11.1 Å². The fourth-order valence-electron chi connectivity index (χ4n) is 1.62. The first kappa shape index (κ1) is 12.1. The molecule has 2 rings (SSSR count). The number of benzene rings is 2. The van der Waals surface area contributed by atoms with Gasteiger partial charge in [-0.15, -0.1) is 0 Å². The Hall–Kier alpha value is -2.36. The van der Waals surface area contributed by atoms with Gasteiger partial charge >= 0.3 is 0 Å². The van der Waals surface area contributed by atoms with Gasteiger partial charge in [-0.3, -0.25) is 4.79 Å². The smallest absolute Gasteiger partial charge is 0.258 e. The molecule has 4 heteroatoms. The summed E-state index contributed by atoms with van der Waals surface area (Å²) in [4.78, 5) is 11.9. The van der Waals surface area contributed by atoms with E-state index < -0.39 is 11.7 Å². The van der Waals surface area contributed by atoms with E-state index in [1.165, 1.54) is 18.2 Å². The van der Waals surface area contributed by atoms with Crippen LogP contribution in [0.2, 0.25) is 0 Å². The Labute approximate surface area is 104 Å². The molecule has 0 aliphatic heterocycles. The summed E-state index contributed by atoms with van der Waals surface area (Å²) in [6.07, 6.45) is 0. The zero-order chi connectivity index (χ0) is 13.1. The average molecular weight is 244 g/mol. The van der Waals surface area contributed by atoms with Crippen molar-refractivity contribution in [2.24, 2.45) is 0 Å². The molecule has 0 unspecified atom stereocenters. The third kappa shape index (κ3) is 2.48. The molecule has 0 spiro atoms. The van der Waals surface area contributed by atoms with Crippen molar-refractivity contribution in [1.29, 1.82) is 0 Å². The Morgan fingerprint density at radius 2 is 1.94 bits per heavy atom. The summed E-state index contributed by atoms with van der Waals surface area (Å²) < 4.78 is 13.5. The van der Waals surface area contributed by atoms with Gasteiger partial charge in [0, 0.05) is 11.4 Å². The SMILES string of the molecule is Cc1ccccc1NC(=O)c1cc(N)ccc1F. The first-order chi connectivity index (χ1) is 8.58. The third-order valence-corrected chi connectivity index (χ3v) is 2.63. The quantitative estimate of drug-likeness (QED) is 0.798. The first-order valence-electron chi connectivity index (χ1n) is 5.50. The van der Waals surface area contributed by atoms with Gasteiger partial charge in [-0.1, -0.05) is 18.2 Å². The van der Waals surface area contributed by atoms with E-state index in [0.29, 0.717) is 11.4 Å². The van der Waals surface area contributed by atoms with Gasteiger partial charge in [0.05, 0.1) is 5.56 Å². The third-order valence-electron chi connectivity index (χ3n) is 2.63. The van der Waals surface area contributed by atoms with Crippen LogP contribution >= 0.6 is 0 Å². The monoisotopic (exact) mass is 244 g/mol. The Kier molecular flexibility index (Phi) is 3.28. The van der Waals surface area contributed by atoms with E-state index in [1.54, 1.807) is 12.1 Å². The number of carbonyl (C=O) groups excluding carboxylic acids is 1. The maximum absolute atomic E-state index is 13.5. The Balaban J connectivity index is 2.28. The molecule has 0 aliphatic carbocycles. The minimum absolute atomic E-state index is 0.0572. The second kappa shape index (κ2) is 4.87. The predicted molar refractivity (Wildman–Crippen MR) is 69.9 cm³/mol. The molecule has 1 amide bonds. The van der Waals surface area contributed by atoms with Crippen LogP contribution in [0.3, 0.4) is 0 Å². The summed E-state index contributed by atoms with van der Waals surface area (Å²) in [6.45, 7) is 1.87. The van der Waals surface area contributed by atoms with Crippen LogP contribution in [0.5, 0.6) is 0 Å². The molecule has 0 fully saturated rings. The van der Waals surface area contributed by atoms with Crippen LogP contribution in [0.25, 0.3) is 0 Å². The molecule has 0 heterocycles. The highest BCUT2D eigenvalue weighted by Gasteiger charge is 2.12. The lowest BCUT2D eigenvalue weighted by Crippen LogP contribution is -2.14. The van der Waals surface area contributed by atoms with E-state index in [1.807, 2.05) is 19.1 Å². The van der Waals surface area contributed by atoms with Crippen molar-refractivity contribution in [3.63, 3.8) is 0 Å². The zero-order valence-corrected chi connectivity index (χ0v) is 9.91. The number of halogens is 1. The number of carbonyl (C=O) groups is 1. The number of para-hydroxylation sites is 1. The van der Waals surface area contributed by atoms with Crippen molar-refractivity contribution in [3.8, 4) is 0 Å². The summed E-state index contributed by atoms with van der Waals surface area (Å²) in [5, 5.41) is 2.66. The summed E-state index contributed by atoms with van der Waals surface area (Å²) in [5.74, 6) is -1.09. The Morgan fingerprint density at radius 3 is 2.67 bits per heavy atom. The van der Waals surface area contributed by atoms with E-state index in [2.05, 4.69) is 5.32 Å². The molecule has 0 saturated carbocycles. The summed E-state index contributed by atoms with van der Waals surface area (Å²) >= 11 is 0. The summed E-state index contributed by atoms with van der Waals surface area (Å²) in [5.41, 5.74) is 7.41. The molecule has 3 N–H and O–H groups in total. The van der Waals surface area contributed by atoms with Gasteiger partial charge in [0.1, 0.15) is 5.82 Å². The van der Waals surface area contributed by atoms with Gasteiger partial charge in [0.25, 0.3) is 5.91 Å². The highest BCUT2D eigenvalue weighted by atomic mass is 19.1. The predicted octanol–water partition coefficient (Wildman–Crippen LogP) is 2.97. The van der Waals surface area contributed by atoms with Crippen molar-refractivity contribution in [2.45, 2.75) is 6.92 Å². The number of anilines is 2. The number of nitrogen functional groups attached to an aromatic ring is 1. The molecule has 2 aromatic carbocycles. The molecule has 0 aromatic heterocycles. The molecular formula is C14H13FN2O. The fraction of sp³-hybridized carbons (Fsp3) is 0.0714. The maximum atomic E-state index is 13.5. The lowest BCUT2D eigenvalue weighted by molar-refractivity contribution is 0.102. The van der Waals surface area contributed by atoms with Gasteiger partial charge in [-0.05, 0) is 36.8 Å². The standard InChI is InChI=1S/C14H13FN2O/c1-9-4-2-3-5-13(9)17-14(18)11-8-10(16)6-7-12(11)15/h2-8H,16H2,1H3,(H,17,18). The highest BCUT2D eigenvalue weighted by Crippen LogP contribution is 2.17. The maximum Gasteiger partial charge on any atom is 0.258 e. The van der Waals surface area contributed by atoms with E-state index in [0.717, 1.165) is 5.56 Å². The van der Waals surface area contributed by atoms with Gasteiger partial charge < -0.3 is 11.1 Å². The van der Waals surface area contributed by atoms with Crippen LogP contribution in [0.4, 0.5) is 15.8 Å². The van der Waals surface area contributed by atoms with Crippen LogP contribution in [0.15, 0.2) is 42.5 Å². The second-order valence-electron chi connectivity index (χ2n) is 4.01. The number of hydrogen-bond acceptors (Lipinski definition) is 2. The molecule has 18 heavy (non-hydrogen) atoms. The minimum atomic E-state index is -0.588. The number of aryl methyl sites for hydroxylation is 1. The molecule has 0 atom stereocenters. The van der Waals surface area contributed by atoms with Gasteiger partial charge in [-0.25, -0.2) is 4.39 Å². The molecule has 0 bridgehead atoms. The minimum Gasteiger partial charge on any atom is -0.399 e.